The molecule has 18 heavy (non-hydrogen) atoms. The van der Waals surface area contributed by atoms with Crippen LogP contribution in [0.3, 0.4) is 0 Å². The Labute approximate surface area is 105 Å². The minimum atomic E-state index is -0.430. The van der Waals surface area contributed by atoms with Crippen LogP contribution < -0.4 is 11.3 Å². The summed E-state index contributed by atoms with van der Waals surface area (Å²) in [5.41, 5.74) is 2.25. The van der Waals surface area contributed by atoms with Crippen LogP contribution in [0.25, 0.3) is 0 Å². The third-order valence-electron chi connectivity index (χ3n) is 3.02. The van der Waals surface area contributed by atoms with Crippen molar-refractivity contribution >= 4 is 5.91 Å². The van der Waals surface area contributed by atoms with Crippen LogP contribution in [0.4, 0.5) is 0 Å². The molecule has 0 aromatic carbocycles. The molecule has 2 rings (SSSR count). The van der Waals surface area contributed by atoms with Crippen LogP contribution >= 0.6 is 0 Å². The van der Waals surface area contributed by atoms with E-state index in [4.69, 9.17) is 10.6 Å². The average molecular weight is 254 g/mol. The Hall–Kier alpha value is -1.51. The molecule has 1 aromatic heterocycles. The highest BCUT2D eigenvalue weighted by Gasteiger charge is 2.18. The van der Waals surface area contributed by atoms with Gasteiger partial charge in [0.15, 0.2) is 5.69 Å². The zero-order valence-corrected chi connectivity index (χ0v) is 10.4. The summed E-state index contributed by atoms with van der Waals surface area (Å²) in [6.45, 7) is 6.13. The minimum absolute atomic E-state index is 0.229. The molecule has 3 N–H and O–H groups in total. The summed E-state index contributed by atoms with van der Waals surface area (Å²) in [5.74, 6) is 4.59. The third-order valence-corrected chi connectivity index (χ3v) is 3.02. The Morgan fingerprint density at radius 1 is 1.67 bits per heavy atom. The van der Waals surface area contributed by atoms with Gasteiger partial charge in [-0.15, -0.1) is 5.10 Å². The van der Waals surface area contributed by atoms with Gasteiger partial charge < -0.3 is 4.74 Å². The second-order valence-corrected chi connectivity index (χ2v) is 4.30. The normalized spacial score (nSPS) is 20.9. The Morgan fingerprint density at radius 2 is 2.50 bits per heavy atom. The topological polar surface area (TPSA) is 98.3 Å². The number of morpholine rings is 1. The van der Waals surface area contributed by atoms with Crippen molar-refractivity contribution in [1.29, 1.82) is 0 Å². The summed E-state index contributed by atoms with van der Waals surface area (Å²) in [4.78, 5) is 13.5. The van der Waals surface area contributed by atoms with Gasteiger partial charge in [0.25, 0.3) is 5.91 Å². The average Bonchev–Trinajstić information content (AvgIpc) is 2.86. The zero-order chi connectivity index (χ0) is 13.0. The molecule has 1 atom stereocenters. The minimum Gasteiger partial charge on any atom is -0.379 e. The van der Waals surface area contributed by atoms with E-state index in [0.717, 1.165) is 26.3 Å². The molecule has 1 aromatic rings. The molecular formula is C10H18N6O2. The van der Waals surface area contributed by atoms with Crippen LogP contribution in [0, 0.1) is 0 Å². The van der Waals surface area contributed by atoms with Crippen molar-refractivity contribution in [2.24, 2.45) is 5.84 Å². The van der Waals surface area contributed by atoms with Gasteiger partial charge in [-0.1, -0.05) is 5.21 Å². The Bertz CT molecular complexity index is 407. The molecule has 0 aliphatic carbocycles. The summed E-state index contributed by atoms with van der Waals surface area (Å²) in [6, 6.07) is 0.411. The van der Waals surface area contributed by atoms with Gasteiger partial charge >= 0.3 is 0 Å². The fraction of sp³-hybridized carbons (Fsp3) is 0.700. The van der Waals surface area contributed by atoms with Gasteiger partial charge in [0, 0.05) is 19.1 Å². The summed E-state index contributed by atoms with van der Waals surface area (Å²) in [6.07, 6.45) is 1.59. The molecule has 0 spiro atoms. The molecule has 1 aliphatic rings. The number of aromatic nitrogens is 3. The van der Waals surface area contributed by atoms with Gasteiger partial charge in [0.2, 0.25) is 0 Å². The predicted octanol–water partition coefficient (Wildman–Crippen LogP) is -1.40. The van der Waals surface area contributed by atoms with Gasteiger partial charge in [-0.05, 0) is 6.92 Å². The summed E-state index contributed by atoms with van der Waals surface area (Å²) >= 11 is 0. The SMILES string of the molecule is CC1COCCN1CCn1cc(C(=O)NN)nn1. The molecule has 1 aliphatic heterocycles. The molecule has 8 nitrogen and oxygen atoms in total. The van der Waals surface area contributed by atoms with Gasteiger partial charge in [-0.2, -0.15) is 0 Å². The van der Waals surface area contributed by atoms with Crippen molar-refractivity contribution in [3.05, 3.63) is 11.9 Å². The van der Waals surface area contributed by atoms with E-state index in [1.807, 2.05) is 5.43 Å². The van der Waals surface area contributed by atoms with Crippen LogP contribution in [-0.4, -0.2) is 58.1 Å². The quantitative estimate of drug-likeness (QED) is 0.390. The molecule has 8 heteroatoms. The Morgan fingerprint density at radius 3 is 3.22 bits per heavy atom. The molecule has 0 saturated carbocycles. The first kappa shape index (κ1) is 12.9. The smallest absolute Gasteiger partial charge is 0.287 e. The third kappa shape index (κ3) is 3.03. The van der Waals surface area contributed by atoms with Crippen LogP contribution in [0.1, 0.15) is 17.4 Å². The standard InChI is InChI=1S/C10H18N6O2/c1-8-7-18-5-4-15(8)2-3-16-6-9(13-14-16)10(17)12-11/h6,8H,2-5,7,11H2,1H3,(H,12,17). The molecule has 1 amide bonds. The van der Waals surface area contributed by atoms with Crippen molar-refractivity contribution in [3.63, 3.8) is 0 Å². The van der Waals surface area contributed by atoms with Gasteiger partial charge in [-0.3, -0.25) is 19.8 Å². The molecule has 0 radical (unpaired) electrons. The second kappa shape index (κ2) is 5.89. The molecule has 0 bridgehead atoms. The van der Waals surface area contributed by atoms with E-state index in [-0.39, 0.29) is 5.69 Å². The van der Waals surface area contributed by atoms with Gasteiger partial charge in [0.05, 0.1) is 26.0 Å². The number of nitrogen functional groups attached to an aromatic ring is 1. The first-order valence-electron chi connectivity index (χ1n) is 5.93. The molecule has 1 fully saturated rings. The van der Waals surface area contributed by atoms with Crippen LogP contribution in [0.15, 0.2) is 6.20 Å². The van der Waals surface area contributed by atoms with Gasteiger partial charge in [-0.25, -0.2) is 5.84 Å². The lowest BCUT2D eigenvalue weighted by Crippen LogP contribution is -2.44. The maximum Gasteiger partial charge on any atom is 0.287 e. The number of rotatable bonds is 4. The van der Waals surface area contributed by atoms with Crippen molar-refractivity contribution < 1.29 is 9.53 Å². The summed E-state index contributed by atoms with van der Waals surface area (Å²) < 4.78 is 7.02. The molecular weight excluding hydrogens is 236 g/mol. The lowest BCUT2D eigenvalue weighted by atomic mass is 10.2. The number of nitrogens with zero attached hydrogens (tertiary/aromatic N) is 4. The first-order valence-corrected chi connectivity index (χ1v) is 5.93. The Balaban J connectivity index is 1.86. The van der Waals surface area contributed by atoms with Gasteiger partial charge in [0.1, 0.15) is 0 Å². The summed E-state index contributed by atoms with van der Waals surface area (Å²) in [7, 11) is 0. The highest BCUT2D eigenvalue weighted by Crippen LogP contribution is 2.05. The number of amides is 1. The van der Waals surface area contributed by atoms with E-state index in [0.29, 0.717) is 12.6 Å². The number of hydrogen-bond acceptors (Lipinski definition) is 6. The Kier molecular flexibility index (Phi) is 4.24. The number of carbonyl (C=O) groups excluding carboxylic acids is 1. The molecule has 2 heterocycles. The van der Waals surface area contributed by atoms with Crippen molar-refractivity contribution in [2.45, 2.75) is 19.5 Å². The van der Waals surface area contributed by atoms with E-state index in [2.05, 4.69) is 22.1 Å². The number of hydrogen-bond donors (Lipinski definition) is 2. The number of nitrogens with two attached hydrogens (primary N) is 1. The fourth-order valence-electron chi connectivity index (χ4n) is 1.91. The predicted molar refractivity (Wildman–Crippen MR) is 63.5 cm³/mol. The van der Waals surface area contributed by atoms with E-state index in [1.165, 1.54) is 0 Å². The highest BCUT2D eigenvalue weighted by molar-refractivity contribution is 5.91. The maximum absolute atomic E-state index is 11.2. The second-order valence-electron chi connectivity index (χ2n) is 4.30. The van der Waals surface area contributed by atoms with E-state index >= 15 is 0 Å². The lowest BCUT2D eigenvalue weighted by Gasteiger charge is -2.32. The first-order chi connectivity index (χ1) is 8.70. The van der Waals surface area contributed by atoms with Crippen LogP contribution in [0.5, 0.6) is 0 Å². The van der Waals surface area contributed by atoms with E-state index < -0.39 is 5.91 Å². The highest BCUT2D eigenvalue weighted by atomic mass is 16.5. The molecule has 1 saturated heterocycles. The monoisotopic (exact) mass is 254 g/mol. The molecule has 100 valence electrons. The van der Waals surface area contributed by atoms with Crippen molar-refractivity contribution in [3.8, 4) is 0 Å². The van der Waals surface area contributed by atoms with Crippen molar-refractivity contribution in [1.82, 2.24) is 25.3 Å². The number of nitrogens with one attached hydrogen (secondary N) is 1. The van der Waals surface area contributed by atoms with Crippen molar-refractivity contribution in [2.75, 3.05) is 26.3 Å². The largest absolute Gasteiger partial charge is 0.379 e. The summed E-state index contributed by atoms with van der Waals surface area (Å²) in [5, 5.41) is 7.63. The van der Waals surface area contributed by atoms with E-state index in [9.17, 15) is 4.79 Å². The fourth-order valence-corrected chi connectivity index (χ4v) is 1.91. The number of hydrazine groups is 1. The van der Waals surface area contributed by atoms with Crippen LogP contribution in [-0.2, 0) is 11.3 Å². The maximum atomic E-state index is 11.2. The number of ether oxygens (including phenoxy) is 1. The lowest BCUT2D eigenvalue weighted by molar-refractivity contribution is -0.00209. The van der Waals surface area contributed by atoms with Crippen LogP contribution in [0.2, 0.25) is 0 Å². The number of carbonyl (C=O) groups is 1. The zero-order valence-electron chi connectivity index (χ0n) is 10.4. The molecule has 1 unspecified atom stereocenters. The van der Waals surface area contributed by atoms with E-state index in [1.54, 1.807) is 10.9 Å².